The molecule has 1 saturated carbocycles. The lowest BCUT2D eigenvalue weighted by Crippen LogP contribution is -2.43. The minimum absolute atomic E-state index is 0.00123. The monoisotopic (exact) mass is 294 g/mol. The van der Waals surface area contributed by atoms with Crippen LogP contribution in [-0.2, 0) is 6.54 Å². The molecule has 0 aliphatic heterocycles. The van der Waals surface area contributed by atoms with Crippen LogP contribution in [0.5, 0.6) is 0 Å². The Kier molecular flexibility index (Phi) is 4.92. The molecule has 0 aromatic heterocycles. The van der Waals surface area contributed by atoms with E-state index in [1.165, 1.54) is 0 Å². The van der Waals surface area contributed by atoms with Crippen LogP contribution in [0.25, 0.3) is 0 Å². The molecule has 0 spiro atoms. The van der Waals surface area contributed by atoms with Gasteiger partial charge in [-0.25, -0.2) is 8.78 Å². The van der Waals surface area contributed by atoms with Gasteiger partial charge in [0.2, 0.25) is 0 Å². The number of halogens is 2. The molecular formula is C16H20F2N2O. The number of aliphatic hydroxyl groups is 1. The zero-order chi connectivity index (χ0) is 15.5. The van der Waals surface area contributed by atoms with Crippen molar-refractivity contribution in [1.29, 1.82) is 5.26 Å². The van der Waals surface area contributed by atoms with Crippen molar-refractivity contribution in [2.45, 2.75) is 44.8 Å². The largest absolute Gasteiger partial charge is 0.389 e. The van der Waals surface area contributed by atoms with E-state index in [1.54, 1.807) is 6.07 Å². The topological polar surface area (TPSA) is 56.0 Å². The molecule has 1 aromatic rings. The van der Waals surface area contributed by atoms with Gasteiger partial charge in [0.25, 0.3) is 0 Å². The third-order valence-corrected chi connectivity index (χ3v) is 4.23. The van der Waals surface area contributed by atoms with Crippen LogP contribution in [0.2, 0.25) is 0 Å². The van der Waals surface area contributed by atoms with E-state index in [4.69, 9.17) is 5.26 Å². The second-order valence-electron chi connectivity index (χ2n) is 6.04. The standard InChI is InChI=1S/C16H20F2N2O/c1-11-2-4-16(21,5-3-11)10-20-9-13-14(17)6-12(8-19)7-15(13)18/h6-7,11,20-21H,2-5,9-10H2,1H3. The quantitative estimate of drug-likeness (QED) is 0.898. The van der Waals surface area contributed by atoms with E-state index in [0.717, 1.165) is 25.0 Å². The first-order valence-electron chi connectivity index (χ1n) is 7.25. The van der Waals surface area contributed by atoms with Crippen LogP contribution in [0.1, 0.15) is 43.7 Å². The fourth-order valence-corrected chi connectivity index (χ4v) is 2.73. The molecule has 21 heavy (non-hydrogen) atoms. The lowest BCUT2D eigenvalue weighted by Gasteiger charge is -2.35. The van der Waals surface area contributed by atoms with Crippen molar-refractivity contribution >= 4 is 0 Å². The average molecular weight is 294 g/mol. The molecule has 0 heterocycles. The Hall–Kier alpha value is -1.51. The second-order valence-corrected chi connectivity index (χ2v) is 6.04. The summed E-state index contributed by atoms with van der Waals surface area (Å²) in [5.74, 6) is -0.842. The molecule has 114 valence electrons. The number of nitriles is 1. The van der Waals surface area contributed by atoms with E-state index in [-0.39, 0.29) is 17.7 Å². The Bertz CT molecular complexity index is 523. The molecule has 1 fully saturated rings. The Morgan fingerprint density at radius 1 is 1.33 bits per heavy atom. The predicted octanol–water partition coefficient (Wildman–Crippen LogP) is 2.87. The van der Waals surface area contributed by atoms with Gasteiger partial charge >= 0.3 is 0 Å². The number of hydrogen-bond donors (Lipinski definition) is 2. The van der Waals surface area contributed by atoms with E-state index < -0.39 is 17.2 Å². The van der Waals surface area contributed by atoms with Crippen molar-refractivity contribution in [3.05, 3.63) is 34.9 Å². The summed E-state index contributed by atoms with van der Waals surface area (Å²) in [6.45, 7) is 2.48. The molecule has 0 bridgehead atoms. The average Bonchev–Trinajstić information content (AvgIpc) is 2.45. The fraction of sp³-hybridized carbons (Fsp3) is 0.562. The molecule has 5 heteroatoms. The summed E-state index contributed by atoms with van der Waals surface area (Å²) in [4.78, 5) is 0. The molecule has 2 rings (SSSR count). The fourth-order valence-electron chi connectivity index (χ4n) is 2.73. The van der Waals surface area contributed by atoms with Crippen LogP contribution in [-0.4, -0.2) is 17.3 Å². The first-order valence-corrected chi connectivity index (χ1v) is 7.25. The van der Waals surface area contributed by atoms with Crippen LogP contribution in [0.15, 0.2) is 12.1 Å². The van der Waals surface area contributed by atoms with E-state index in [1.807, 2.05) is 0 Å². The maximum absolute atomic E-state index is 13.7. The maximum atomic E-state index is 13.7. The first kappa shape index (κ1) is 15.9. The summed E-state index contributed by atoms with van der Waals surface area (Å²) in [6.07, 6.45) is 3.36. The maximum Gasteiger partial charge on any atom is 0.131 e. The summed E-state index contributed by atoms with van der Waals surface area (Å²) in [6, 6.07) is 3.76. The van der Waals surface area contributed by atoms with Gasteiger partial charge in [0.05, 0.1) is 17.2 Å². The highest BCUT2D eigenvalue weighted by atomic mass is 19.1. The van der Waals surface area contributed by atoms with Crippen molar-refractivity contribution in [3.63, 3.8) is 0 Å². The summed E-state index contributed by atoms with van der Waals surface area (Å²) in [5, 5.41) is 22.0. The van der Waals surface area contributed by atoms with Gasteiger partial charge in [-0.05, 0) is 43.7 Å². The van der Waals surface area contributed by atoms with Crippen molar-refractivity contribution < 1.29 is 13.9 Å². The van der Waals surface area contributed by atoms with Gasteiger partial charge in [-0.2, -0.15) is 5.26 Å². The highest BCUT2D eigenvalue weighted by Crippen LogP contribution is 2.31. The van der Waals surface area contributed by atoms with Crippen LogP contribution in [0, 0.1) is 28.9 Å². The van der Waals surface area contributed by atoms with Gasteiger partial charge < -0.3 is 10.4 Å². The highest BCUT2D eigenvalue weighted by Gasteiger charge is 2.31. The molecule has 0 atom stereocenters. The lowest BCUT2D eigenvalue weighted by atomic mass is 9.79. The van der Waals surface area contributed by atoms with Crippen molar-refractivity contribution in [2.75, 3.05) is 6.54 Å². The van der Waals surface area contributed by atoms with E-state index in [2.05, 4.69) is 12.2 Å². The molecule has 0 saturated heterocycles. The first-order chi connectivity index (χ1) is 9.93. The SMILES string of the molecule is CC1CCC(O)(CNCc2c(F)cc(C#N)cc2F)CC1. The Morgan fingerprint density at radius 2 is 1.90 bits per heavy atom. The highest BCUT2D eigenvalue weighted by molar-refractivity contribution is 5.34. The molecule has 0 radical (unpaired) electrons. The number of nitrogens with one attached hydrogen (secondary N) is 1. The summed E-state index contributed by atoms with van der Waals surface area (Å²) in [7, 11) is 0. The minimum Gasteiger partial charge on any atom is -0.389 e. The second kappa shape index (κ2) is 6.50. The number of benzene rings is 1. The normalized spacial score (nSPS) is 25.6. The number of rotatable bonds is 4. The zero-order valence-electron chi connectivity index (χ0n) is 12.1. The molecule has 3 nitrogen and oxygen atoms in total. The van der Waals surface area contributed by atoms with Crippen LogP contribution in [0.3, 0.4) is 0 Å². The van der Waals surface area contributed by atoms with Crippen LogP contribution in [0.4, 0.5) is 8.78 Å². The predicted molar refractivity (Wildman–Crippen MR) is 75.4 cm³/mol. The Morgan fingerprint density at radius 3 is 2.43 bits per heavy atom. The molecule has 1 aromatic carbocycles. The minimum atomic E-state index is -0.786. The molecule has 1 aliphatic carbocycles. The van der Waals surface area contributed by atoms with E-state index >= 15 is 0 Å². The van der Waals surface area contributed by atoms with Crippen molar-refractivity contribution in [1.82, 2.24) is 5.32 Å². The number of nitrogens with zero attached hydrogens (tertiary/aromatic N) is 1. The third-order valence-electron chi connectivity index (χ3n) is 4.23. The van der Waals surface area contributed by atoms with Gasteiger partial charge in [-0.1, -0.05) is 6.92 Å². The summed E-state index contributed by atoms with van der Waals surface area (Å²) < 4.78 is 27.4. The third kappa shape index (κ3) is 3.99. The van der Waals surface area contributed by atoms with Gasteiger partial charge in [0.1, 0.15) is 11.6 Å². The van der Waals surface area contributed by atoms with Crippen molar-refractivity contribution in [3.8, 4) is 6.07 Å². The van der Waals surface area contributed by atoms with Gasteiger partial charge in [-0.15, -0.1) is 0 Å². The van der Waals surface area contributed by atoms with Gasteiger partial charge in [0, 0.05) is 18.7 Å². The van der Waals surface area contributed by atoms with Crippen LogP contribution < -0.4 is 5.32 Å². The smallest absolute Gasteiger partial charge is 0.131 e. The van der Waals surface area contributed by atoms with Gasteiger partial charge in [-0.3, -0.25) is 0 Å². The van der Waals surface area contributed by atoms with E-state index in [0.29, 0.717) is 25.3 Å². The molecule has 2 N–H and O–H groups in total. The molecule has 1 aliphatic rings. The van der Waals surface area contributed by atoms with Gasteiger partial charge in [0.15, 0.2) is 0 Å². The van der Waals surface area contributed by atoms with Crippen LogP contribution >= 0.6 is 0 Å². The Balaban J connectivity index is 1.94. The lowest BCUT2D eigenvalue weighted by molar-refractivity contribution is -0.00640. The zero-order valence-corrected chi connectivity index (χ0v) is 12.1. The Labute approximate surface area is 123 Å². The number of hydrogen-bond acceptors (Lipinski definition) is 3. The van der Waals surface area contributed by atoms with Crippen molar-refractivity contribution in [2.24, 2.45) is 5.92 Å². The molecule has 0 amide bonds. The molecule has 0 unspecified atom stereocenters. The molecular weight excluding hydrogens is 274 g/mol. The van der Waals surface area contributed by atoms with E-state index in [9.17, 15) is 13.9 Å². The summed E-state index contributed by atoms with van der Waals surface area (Å²) in [5.41, 5.74) is -0.915. The summed E-state index contributed by atoms with van der Waals surface area (Å²) >= 11 is 0.